The number of benzene rings is 1. The molecule has 2 aromatic rings. The van der Waals surface area contributed by atoms with E-state index in [1.54, 1.807) is 0 Å². The Morgan fingerprint density at radius 2 is 2.36 bits per heavy atom. The first kappa shape index (κ1) is 7.43. The summed E-state index contributed by atoms with van der Waals surface area (Å²) in [5, 5.41) is 1.40. The van der Waals surface area contributed by atoms with E-state index in [1.165, 1.54) is 20.5 Å². The number of hydrogen-bond acceptors (Lipinski definition) is 2. The second-order valence-electron chi connectivity index (χ2n) is 3.80. The third-order valence-corrected chi connectivity index (χ3v) is 4.09. The number of hydrogen-bond donors (Lipinski definition) is 0. The van der Waals surface area contributed by atoms with Gasteiger partial charge in [-0.3, -0.25) is 0 Å². The van der Waals surface area contributed by atoms with Crippen LogP contribution < -0.4 is 0 Å². The lowest BCUT2D eigenvalue weighted by atomic mass is 10.1. The number of nitrogens with zero attached hydrogens (tertiary/aromatic N) is 1. The van der Waals surface area contributed by atoms with Crippen LogP contribution in [-0.4, -0.2) is 18.5 Å². The Morgan fingerprint density at radius 1 is 1.43 bits per heavy atom. The van der Waals surface area contributed by atoms with Gasteiger partial charge in [0.25, 0.3) is 0 Å². The molecule has 0 atom stereocenters. The van der Waals surface area contributed by atoms with Crippen molar-refractivity contribution in [2.24, 2.45) is 0 Å². The minimum absolute atomic E-state index is 0.420. The van der Waals surface area contributed by atoms with Crippen molar-refractivity contribution in [1.82, 2.24) is 4.90 Å². The topological polar surface area (TPSA) is 3.24 Å². The van der Waals surface area contributed by atoms with Crippen LogP contribution in [-0.2, 0) is 13.0 Å². The average molecular weight is 204 g/mol. The molecule has 1 aliphatic heterocycles. The van der Waals surface area contributed by atoms with Crippen LogP contribution in [0.1, 0.15) is 11.8 Å². The van der Waals surface area contributed by atoms with E-state index in [-0.39, 0.29) is 0 Å². The first-order valence-electron chi connectivity index (χ1n) is 5.60. The van der Waals surface area contributed by atoms with E-state index in [2.05, 4.69) is 29.2 Å². The largest absolute Gasteiger partial charge is 0.302 e. The van der Waals surface area contributed by atoms with Gasteiger partial charge >= 0.3 is 0 Å². The number of likely N-dealkylation sites (N-methyl/N-ethyl adjacent to an activating group) is 1. The SMILES string of the molecule is [2H]CN1CCc2sc3ccccc3c2C1. The van der Waals surface area contributed by atoms with Crippen LogP contribution in [0.5, 0.6) is 0 Å². The van der Waals surface area contributed by atoms with Gasteiger partial charge in [0.05, 0.1) is 0 Å². The fourth-order valence-corrected chi connectivity index (χ4v) is 3.29. The van der Waals surface area contributed by atoms with E-state index < -0.39 is 0 Å². The van der Waals surface area contributed by atoms with Gasteiger partial charge in [0, 0.05) is 24.0 Å². The molecule has 1 nitrogen and oxygen atoms in total. The van der Waals surface area contributed by atoms with E-state index in [0.29, 0.717) is 7.02 Å². The van der Waals surface area contributed by atoms with Gasteiger partial charge in [0.2, 0.25) is 0 Å². The lowest BCUT2D eigenvalue weighted by Gasteiger charge is -2.22. The molecule has 3 rings (SSSR count). The molecule has 1 aromatic carbocycles. The molecular formula is C12H13NS. The third-order valence-electron chi connectivity index (χ3n) is 2.82. The molecule has 1 aromatic heterocycles. The highest BCUT2D eigenvalue weighted by Crippen LogP contribution is 2.34. The van der Waals surface area contributed by atoms with Crippen LogP contribution >= 0.6 is 11.3 Å². The van der Waals surface area contributed by atoms with Gasteiger partial charge in [-0.15, -0.1) is 11.3 Å². The Balaban J connectivity index is 2.14. The van der Waals surface area contributed by atoms with Crippen molar-refractivity contribution in [3.05, 3.63) is 34.7 Å². The van der Waals surface area contributed by atoms with E-state index in [4.69, 9.17) is 1.37 Å². The maximum absolute atomic E-state index is 7.43. The minimum atomic E-state index is 0.420. The molecule has 0 saturated heterocycles. The standard InChI is InChI=1S/C12H13NS/c1-13-7-6-12-10(8-13)9-4-2-3-5-11(9)14-12/h2-5H,6-8H2,1H3/i1D. The summed E-state index contributed by atoms with van der Waals surface area (Å²) >= 11 is 1.92. The maximum atomic E-state index is 7.43. The summed E-state index contributed by atoms with van der Waals surface area (Å²) in [5.41, 5.74) is 1.47. The highest BCUT2D eigenvalue weighted by atomic mass is 32.1. The smallest absolute Gasteiger partial charge is 0.0394 e. The van der Waals surface area contributed by atoms with E-state index in [9.17, 15) is 0 Å². The van der Waals surface area contributed by atoms with Crippen LogP contribution in [0.15, 0.2) is 24.3 Å². The Labute approximate surface area is 89.4 Å². The lowest BCUT2D eigenvalue weighted by molar-refractivity contribution is 0.317. The molecule has 0 fully saturated rings. The number of fused-ring (bicyclic) bond motifs is 3. The Morgan fingerprint density at radius 3 is 3.29 bits per heavy atom. The molecule has 0 bridgehead atoms. The monoisotopic (exact) mass is 204 g/mol. The normalized spacial score (nSPS) is 18.1. The molecule has 0 unspecified atom stereocenters. The van der Waals surface area contributed by atoms with Crippen LogP contribution in [0, 0.1) is 0 Å². The average Bonchev–Trinajstić information content (AvgIpc) is 2.66. The quantitative estimate of drug-likeness (QED) is 0.638. The molecule has 0 radical (unpaired) electrons. The molecule has 2 heteroatoms. The van der Waals surface area contributed by atoms with Crippen molar-refractivity contribution in [2.75, 3.05) is 13.6 Å². The zero-order valence-electron chi connectivity index (χ0n) is 8.99. The third kappa shape index (κ3) is 1.18. The van der Waals surface area contributed by atoms with Crippen LogP contribution in [0.3, 0.4) is 0 Å². The van der Waals surface area contributed by atoms with Gasteiger partial charge in [-0.05, 0) is 30.5 Å². The van der Waals surface area contributed by atoms with Gasteiger partial charge in [-0.2, -0.15) is 0 Å². The molecule has 0 saturated carbocycles. The summed E-state index contributed by atoms with van der Waals surface area (Å²) in [5.74, 6) is 0. The number of rotatable bonds is 0. The highest BCUT2D eigenvalue weighted by Gasteiger charge is 2.17. The van der Waals surface area contributed by atoms with Crippen molar-refractivity contribution in [1.29, 1.82) is 0 Å². The van der Waals surface area contributed by atoms with E-state index in [1.807, 2.05) is 11.3 Å². The summed E-state index contributed by atoms with van der Waals surface area (Å²) in [4.78, 5) is 3.72. The predicted molar refractivity (Wildman–Crippen MR) is 61.9 cm³/mol. The van der Waals surface area contributed by atoms with E-state index in [0.717, 1.165) is 19.5 Å². The molecule has 0 amide bonds. The summed E-state index contributed by atoms with van der Waals surface area (Å²) in [7, 11) is 0.420. The van der Waals surface area contributed by atoms with Gasteiger partial charge in [0.15, 0.2) is 0 Å². The summed E-state index contributed by atoms with van der Waals surface area (Å²) in [6.45, 7) is 2.01. The first-order chi connectivity index (χ1) is 7.38. The predicted octanol–water partition coefficient (Wildman–Crippen LogP) is 2.89. The van der Waals surface area contributed by atoms with Gasteiger partial charge < -0.3 is 4.90 Å². The second kappa shape index (κ2) is 3.07. The van der Waals surface area contributed by atoms with Crippen molar-refractivity contribution in [3.8, 4) is 0 Å². The highest BCUT2D eigenvalue weighted by molar-refractivity contribution is 7.19. The fraction of sp³-hybridized carbons (Fsp3) is 0.333. The molecule has 0 spiro atoms. The Hall–Kier alpha value is -0.860. The second-order valence-corrected chi connectivity index (χ2v) is 4.94. The van der Waals surface area contributed by atoms with Crippen molar-refractivity contribution in [3.63, 3.8) is 0 Å². The van der Waals surface area contributed by atoms with Crippen LogP contribution in [0.25, 0.3) is 10.1 Å². The number of thiophene rings is 1. The van der Waals surface area contributed by atoms with Crippen LogP contribution in [0.4, 0.5) is 0 Å². The van der Waals surface area contributed by atoms with Gasteiger partial charge in [0.1, 0.15) is 0 Å². The molecule has 72 valence electrons. The minimum Gasteiger partial charge on any atom is -0.302 e. The van der Waals surface area contributed by atoms with Crippen molar-refractivity contribution < 1.29 is 1.37 Å². The molecule has 2 heterocycles. The lowest BCUT2D eigenvalue weighted by Crippen LogP contribution is -2.25. The zero-order valence-corrected chi connectivity index (χ0v) is 8.81. The molecular weight excluding hydrogens is 190 g/mol. The van der Waals surface area contributed by atoms with Crippen LogP contribution in [0.2, 0.25) is 0 Å². The Kier molecular flexibility index (Phi) is 1.63. The fourth-order valence-electron chi connectivity index (χ4n) is 2.09. The summed E-state index contributed by atoms with van der Waals surface area (Å²) in [6, 6.07) is 8.61. The molecule has 0 N–H and O–H groups in total. The van der Waals surface area contributed by atoms with Crippen molar-refractivity contribution >= 4 is 21.4 Å². The summed E-state index contributed by atoms with van der Waals surface area (Å²) < 4.78 is 8.83. The molecule has 14 heavy (non-hydrogen) atoms. The van der Waals surface area contributed by atoms with E-state index >= 15 is 0 Å². The molecule has 1 aliphatic rings. The molecule has 0 aliphatic carbocycles. The zero-order chi connectivity index (χ0) is 10.3. The Bertz CT molecular complexity index is 491. The summed E-state index contributed by atoms with van der Waals surface area (Å²) in [6.07, 6.45) is 1.12. The maximum Gasteiger partial charge on any atom is 0.0394 e. The van der Waals surface area contributed by atoms with Crippen molar-refractivity contribution in [2.45, 2.75) is 13.0 Å². The first-order valence-corrected chi connectivity index (χ1v) is 5.71. The van der Waals surface area contributed by atoms with Gasteiger partial charge in [-0.25, -0.2) is 0 Å². The van der Waals surface area contributed by atoms with Gasteiger partial charge in [-0.1, -0.05) is 18.2 Å².